The molecule has 156 valence electrons. The van der Waals surface area contributed by atoms with E-state index >= 15 is 0 Å². The highest BCUT2D eigenvalue weighted by Crippen LogP contribution is 2.22. The van der Waals surface area contributed by atoms with E-state index in [1.807, 2.05) is 56.3 Å². The molecule has 0 aliphatic carbocycles. The third kappa shape index (κ3) is 7.26. The van der Waals surface area contributed by atoms with E-state index in [1.165, 1.54) is 5.56 Å². The fourth-order valence-electron chi connectivity index (χ4n) is 3.02. The Labute approximate surface area is 173 Å². The van der Waals surface area contributed by atoms with Crippen LogP contribution in [0.5, 0.6) is 5.75 Å². The van der Waals surface area contributed by atoms with Crippen LogP contribution in [-0.4, -0.2) is 31.5 Å². The molecule has 0 unspecified atom stereocenters. The third-order valence-corrected chi connectivity index (χ3v) is 4.78. The zero-order valence-electron chi connectivity index (χ0n) is 17.9. The van der Waals surface area contributed by atoms with Crippen molar-refractivity contribution in [2.24, 2.45) is 0 Å². The summed E-state index contributed by atoms with van der Waals surface area (Å²) in [6, 6.07) is 13.6. The molecule has 0 spiro atoms. The van der Waals surface area contributed by atoms with Crippen molar-refractivity contribution in [1.82, 2.24) is 10.6 Å². The number of amides is 2. The van der Waals surface area contributed by atoms with Gasteiger partial charge in [0.05, 0.1) is 6.61 Å². The molecule has 0 bridgehead atoms. The maximum atomic E-state index is 12.1. The second-order valence-electron chi connectivity index (χ2n) is 7.56. The molecule has 29 heavy (non-hydrogen) atoms. The van der Waals surface area contributed by atoms with E-state index in [4.69, 9.17) is 4.74 Å². The smallest absolute Gasteiger partial charge is 0.251 e. The van der Waals surface area contributed by atoms with E-state index in [0.29, 0.717) is 44.0 Å². The van der Waals surface area contributed by atoms with Gasteiger partial charge in [0.2, 0.25) is 5.91 Å². The summed E-state index contributed by atoms with van der Waals surface area (Å²) in [5, 5.41) is 5.65. The summed E-state index contributed by atoms with van der Waals surface area (Å²) >= 11 is 0. The van der Waals surface area contributed by atoms with Crippen LogP contribution in [0, 0.1) is 13.8 Å². The largest absolute Gasteiger partial charge is 0.493 e. The van der Waals surface area contributed by atoms with Crippen molar-refractivity contribution in [3.05, 3.63) is 64.7 Å². The molecule has 0 saturated carbocycles. The van der Waals surface area contributed by atoms with Crippen molar-refractivity contribution >= 4 is 11.8 Å². The summed E-state index contributed by atoms with van der Waals surface area (Å²) in [5.41, 5.74) is 4.04. The minimum absolute atomic E-state index is 0.0364. The van der Waals surface area contributed by atoms with Crippen molar-refractivity contribution in [1.29, 1.82) is 0 Å². The number of benzene rings is 2. The minimum atomic E-state index is -0.128. The van der Waals surface area contributed by atoms with Gasteiger partial charge in [-0.3, -0.25) is 9.59 Å². The highest BCUT2D eigenvalue weighted by Gasteiger charge is 2.07. The molecule has 2 aromatic rings. The van der Waals surface area contributed by atoms with Gasteiger partial charge in [-0.2, -0.15) is 0 Å². The van der Waals surface area contributed by atoms with Crippen molar-refractivity contribution in [3.63, 3.8) is 0 Å². The number of nitrogens with one attached hydrogen (secondary N) is 2. The number of hydrogen-bond donors (Lipinski definition) is 2. The van der Waals surface area contributed by atoms with Crippen LogP contribution in [0.15, 0.2) is 42.5 Å². The normalized spacial score (nSPS) is 10.7. The van der Waals surface area contributed by atoms with Gasteiger partial charge < -0.3 is 15.4 Å². The minimum Gasteiger partial charge on any atom is -0.493 e. The number of para-hydroxylation sites is 1. The lowest BCUT2D eigenvalue weighted by molar-refractivity contribution is -0.121. The van der Waals surface area contributed by atoms with E-state index in [2.05, 4.69) is 24.5 Å². The first-order valence-corrected chi connectivity index (χ1v) is 10.2. The standard InChI is InChI=1S/C24H32N2O3/c1-17(2)20-10-12-21(13-11-20)24(28)26-15-14-25-22(27)9-6-16-29-23-18(3)7-5-8-19(23)4/h5,7-8,10-13,17H,6,9,14-16H2,1-4H3,(H,25,27)(H,26,28). The highest BCUT2D eigenvalue weighted by atomic mass is 16.5. The molecule has 0 saturated heterocycles. The molecule has 2 N–H and O–H groups in total. The molecular formula is C24H32N2O3. The predicted octanol–water partition coefficient (Wildman–Crippen LogP) is 4.13. The molecule has 0 aromatic heterocycles. The Morgan fingerprint density at radius 1 is 0.931 bits per heavy atom. The van der Waals surface area contributed by atoms with Crippen LogP contribution < -0.4 is 15.4 Å². The first kappa shape index (κ1) is 22.5. The van der Waals surface area contributed by atoms with E-state index in [9.17, 15) is 9.59 Å². The Hall–Kier alpha value is -2.82. The van der Waals surface area contributed by atoms with Crippen LogP contribution in [-0.2, 0) is 4.79 Å². The average molecular weight is 397 g/mol. The number of hydrogen-bond acceptors (Lipinski definition) is 3. The number of carbonyl (C=O) groups excluding carboxylic acids is 2. The summed E-state index contributed by atoms with van der Waals surface area (Å²) < 4.78 is 5.81. The van der Waals surface area contributed by atoms with E-state index in [1.54, 1.807) is 0 Å². The van der Waals surface area contributed by atoms with E-state index in [0.717, 1.165) is 16.9 Å². The molecule has 5 heteroatoms. The first-order valence-electron chi connectivity index (χ1n) is 10.2. The van der Waals surface area contributed by atoms with Gasteiger partial charge in [-0.15, -0.1) is 0 Å². The zero-order chi connectivity index (χ0) is 21.2. The van der Waals surface area contributed by atoms with Crippen LogP contribution in [0.1, 0.15) is 59.7 Å². The van der Waals surface area contributed by atoms with Crippen LogP contribution in [0.25, 0.3) is 0 Å². The molecule has 5 nitrogen and oxygen atoms in total. The second kappa shape index (κ2) is 11.2. The van der Waals surface area contributed by atoms with E-state index < -0.39 is 0 Å². The Morgan fingerprint density at radius 2 is 1.55 bits per heavy atom. The van der Waals surface area contributed by atoms with Gasteiger partial charge in [-0.05, 0) is 55.0 Å². The molecule has 0 fully saturated rings. The maximum Gasteiger partial charge on any atom is 0.251 e. The topological polar surface area (TPSA) is 67.4 Å². The highest BCUT2D eigenvalue weighted by molar-refractivity contribution is 5.94. The second-order valence-corrected chi connectivity index (χ2v) is 7.56. The molecule has 0 aliphatic heterocycles. The van der Waals surface area contributed by atoms with E-state index in [-0.39, 0.29) is 11.8 Å². The maximum absolute atomic E-state index is 12.1. The van der Waals surface area contributed by atoms with Crippen molar-refractivity contribution < 1.29 is 14.3 Å². The lowest BCUT2D eigenvalue weighted by Crippen LogP contribution is -2.34. The van der Waals surface area contributed by atoms with Crippen LogP contribution in [0.3, 0.4) is 0 Å². The Kier molecular flexibility index (Phi) is 8.71. The predicted molar refractivity (Wildman–Crippen MR) is 117 cm³/mol. The SMILES string of the molecule is Cc1cccc(C)c1OCCCC(=O)NCCNC(=O)c1ccc(C(C)C)cc1. The molecule has 2 aromatic carbocycles. The quantitative estimate of drug-likeness (QED) is 0.593. The van der Waals surface area contributed by atoms with Crippen molar-refractivity contribution in [2.75, 3.05) is 19.7 Å². The molecule has 0 aliphatic rings. The van der Waals surface area contributed by atoms with Crippen LogP contribution in [0.2, 0.25) is 0 Å². The fourth-order valence-corrected chi connectivity index (χ4v) is 3.02. The fraction of sp³-hybridized carbons (Fsp3) is 0.417. The molecule has 2 amide bonds. The summed E-state index contributed by atoms with van der Waals surface area (Å²) in [6.07, 6.45) is 1.05. The van der Waals surface area contributed by atoms with Crippen LogP contribution >= 0.6 is 0 Å². The summed E-state index contributed by atoms with van der Waals surface area (Å²) in [6.45, 7) is 9.58. The summed E-state index contributed by atoms with van der Waals surface area (Å²) in [5.74, 6) is 1.17. The number of carbonyl (C=O) groups is 2. The van der Waals surface area contributed by atoms with Gasteiger partial charge in [-0.25, -0.2) is 0 Å². The van der Waals surface area contributed by atoms with Gasteiger partial charge in [0.1, 0.15) is 5.75 Å². The van der Waals surface area contributed by atoms with Crippen molar-refractivity contribution in [3.8, 4) is 5.75 Å². The molecule has 0 atom stereocenters. The van der Waals surface area contributed by atoms with Gasteiger partial charge in [-0.1, -0.05) is 44.2 Å². The third-order valence-electron chi connectivity index (χ3n) is 4.78. The molecular weight excluding hydrogens is 364 g/mol. The van der Waals surface area contributed by atoms with Crippen LogP contribution in [0.4, 0.5) is 0 Å². The zero-order valence-corrected chi connectivity index (χ0v) is 17.9. The Balaban J connectivity index is 1.60. The average Bonchev–Trinajstić information content (AvgIpc) is 2.70. The molecule has 0 radical (unpaired) electrons. The number of aryl methyl sites for hydroxylation is 2. The molecule has 2 rings (SSSR count). The van der Waals surface area contributed by atoms with Gasteiger partial charge >= 0.3 is 0 Å². The lowest BCUT2D eigenvalue weighted by atomic mass is 10.0. The first-order chi connectivity index (χ1) is 13.9. The lowest BCUT2D eigenvalue weighted by Gasteiger charge is -2.12. The number of ether oxygens (including phenoxy) is 1. The Morgan fingerprint density at radius 3 is 2.17 bits per heavy atom. The number of rotatable bonds is 10. The van der Waals surface area contributed by atoms with Gasteiger partial charge in [0.15, 0.2) is 0 Å². The Bertz CT molecular complexity index is 793. The monoisotopic (exact) mass is 396 g/mol. The summed E-state index contributed by atoms with van der Waals surface area (Å²) in [4.78, 5) is 24.1. The van der Waals surface area contributed by atoms with Gasteiger partial charge in [0.25, 0.3) is 5.91 Å². The molecule has 0 heterocycles. The van der Waals surface area contributed by atoms with Crippen molar-refractivity contribution in [2.45, 2.75) is 46.5 Å². The van der Waals surface area contributed by atoms with Gasteiger partial charge in [0, 0.05) is 25.1 Å². The summed E-state index contributed by atoms with van der Waals surface area (Å²) in [7, 11) is 0.